The van der Waals surface area contributed by atoms with Gasteiger partial charge in [0.2, 0.25) is 0 Å². The first-order chi connectivity index (χ1) is 5.74. The van der Waals surface area contributed by atoms with Crippen molar-refractivity contribution in [2.75, 3.05) is 0 Å². The molecule has 0 radical (unpaired) electrons. The molecule has 1 aliphatic carbocycles. The maximum Gasteiger partial charge on any atom is 0.136 e. The Morgan fingerprint density at radius 3 is 2.83 bits per heavy atom. The second kappa shape index (κ2) is 4.61. The van der Waals surface area contributed by atoms with E-state index in [0.29, 0.717) is 5.78 Å². The highest BCUT2D eigenvalue weighted by Crippen LogP contribution is 2.24. The highest BCUT2D eigenvalue weighted by molar-refractivity contribution is 5.81. The van der Waals surface area contributed by atoms with Crippen LogP contribution >= 0.6 is 0 Å². The molecule has 2 nitrogen and oxygen atoms in total. The number of carbonyl (C=O) groups is 1. The summed E-state index contributed by atoms with van der Waals surface area (Å²) in [6.45, 7) is 2.06. The summed E-state index contributed by atoms with van der Waals surface area (Å²) in [6, 6.07) is 0.282. The van der Waals surface area contributed by atoms with Crippen molar-refractivity contribution < 1.29 is 4.79 Å². The SMILES string of the molecule is CCCC(=O)C1CCCC(N)C1. The van der Waals surface area contributed by atoms with Gasteiger partial charge in [0.1, 0.15) is 5.78 Å². The predicted molar refractivity (Wildman–Crippen MR) is 49.8 cm³/mol. The quantitative estimate of drug-likeness (QED) is 0.701. The minimum Gasteiger partial charge on any atom is -0.328 e. The number of hydrogen-bond donors (Lipinski definition) is 1. The first kappa shape index (κ1) is 9.72. The van der Waals surface area contributed by atoms with Gasteiger partial charge in [0.25, 0.3) is 0 Å². The molecule has 2 heteroatoms. The van der Waals surface area contributed by atoms with E-state index in [1.54, 1.807) is 0 Å². The second-order valence-corrected chi connectivity index (χ2v) is 3.84. The number of nitrogens with two attached hydrogens (primary N) is 1. The van der Waals surface area contributed by atoms with Crippen LogP contribution in [0.25, 0.3) is 0 Å². The molecule has 0 saturated heterocycles. The van der Waals surface area contributed by atoms with Gasteiger partial charge < -0.3 is 5.73 Å². The average molecular weight is 169 g/mol. The highest BCUT2D eigenvalue weighted by atomic mass is 16.1. The molecule has 0 aliphatic heterocycles. The molecule has 0 amide bonds. The first-order valence-electron chi connectivity index (χ1n) is 5.02. The average Bonchev–Trinajstić information content (AvgIpc) is 2.05. The summed E-state index contributed by atoms with van der Waals surface area (Å²) < 4.78 is 0. The molecule has 1 aliphatic rings. The van der Waals surface area contributed by atoms with Gasteiger partial charge in [-0.05, 0) is 25.7 Å². The molecule has 0 spiro atoms. The molecular weight excluding hydrogens is 150 g/mol. The van der Waals surface area contributed by atoms with Crippen LogP contribution in [0.2, 0.25) is 0 Å². The first-order valence-corrected chi connectivity index (χ1v) is 5.02. The fraction of sp³-hybridized carbons (Fsp3) is 0.900. The van der Waals surface area contributed by atoms with Crippen LogP contribution in [-0.2, 0) is 4.79 Å². The van der Waals surface area contributed by atoms with Gasteiger partial charge in [-0.25, -0.2) is 0 Å². The zero-order valence-electron chi connectivity index (χ0n) is 7.88. The van der Waals surface area contributed by atoms with Gasteiger partial charge in [-0.15, -0.1) is 0 Å². The van der Waals surface area contributed by atoms with Crippen molar-refractivity contribution in [1.82, 2.24) is 0 Å². The van der Waals surface area contributed by atoms with E-state index in [9.17, 15) is 4.79 Å². The standard InChI is InChI=1S/C10H19NO/c1-2-4-10(12)8-5-3-6-9(11)7-8/h8-9H,2-7,11H2,1H3. The second-order valence-electron chi connectivity index (χ2n) is 3.84. The minimum atomic E-state index is 0.282. The Morgan fingerprint density at radius 2 is 2.25 bits per heavy atom. The number of hydrogen-bond acceptors (Lipinski definition) is 2. The zero-order chi connectivity index (χ0) is 8.97. The Kier molecular flexibility index (Phi) is 3.73. The highest BCUT2D eigenvalue weighted by Gasteiger charge is 2.24. The lowest BCUT2D eigenvalue weighted by Gasteiger charge is -2.25. The maximum absolute atomic E-state index is 11.5. The smallest absolute Gasteiger partial charge is 0.136 e. The molecule has 1 fully saturated rings. The van der Waals surface area contributed by atoms with E-state index in [0.717, 1.165) is 38.5 Å². The summed E-state index contributed by atoms with van der Waals surface area (Å²) >= 11 is 0. The third kappa shape index (κ3) is 2.59. The molecule has 12 heavy (non-hydrogen) atoms. The van der Waals surface area contributed by atoms with Gasteiger partial charge in [-0.1, -0.05) is 13.3 Å². The van der Waals surface area contributed by atoms with Crippen LogP contribution in [0, 0.1) is 5.92 Å². The lowest BCUT2D eigenvalue weighted by molar-refractivity contribution is -0.123. The Labute approximate surface area is 74.5 Å². The molecule has 0 aromatic rings. The topological polar surface area (TPSA) is 43.1 Å². The van der Waals surface area contributed by atoms with Gasteiger partial charge in [0.15, 0.2) is 0 Å². The van der Waals surface area contributed by atoms with Crippen molar-refractivity contribution in [3.63, 3.8) is 0 Å². The van der Waals surface area contributed by atoms with Crippen LogP contribution in [0.15, 0.2) is 0 Å². The number of Topliss-reactive ketones (excluding diaryl/α,β-unsaturated/α-hetero) is 1. The Balaban J connectivity index is 2.35. The van der Waals surface area contributed by atoms with E-state index in [-0.39, 0.29) is 12.0 Å². The molecule has 0 bridgehead atoms. The zero-order valence-corrected chi connectivity index (χ0v) is 7.88. The molecule has 2 unspecified atom stereocenters. The van der Waals surface area contributed by atoms with Crippen molar-refractivity contribution in [2.45, 2.75) is 51.5 Å². The molecule has 0 aromatic carbocycles. The normalized spacial score (nSPS) is 30.2. The van der Waals surface area contributed by atoms with Crippen molar-refractivity contribution in [2.24, 2.45) is 11.7 Å². The van der Waals surface area contributed by atoms with E-state index >= 15 is 0 Å². The summed E-state index contributed by atoms with van der Waals surface area (Å²) in [5.74, 6) is 0.723. The number of ketones is 1. The van der Waals surface area contributed by atoms with Crippen LogP contribution in [0.3, 0.4) is 0 Å². The van der Waals surface area contributed by atoms with Crippen molar-refractivity contribution in [1.29, 1.82) is 0 Å². The van der Waals surface area contributed by atoms with Crippen molar-refractivity contribution in [3.05, 3.63) is 0 Å². The fourth-order valence-corrected chi connectivity index (χ4v) is 1.97. The van der Waals surface area contributed by atoms with Crippen molar-refractivity contribution in [3.8, 4) is 0 Å². The summed E-state index contributed by atoms with van der Waals surface area (Å²) in [5, 5.41) is 0. The molecular formula is C10H19NO. The van der Waals surface area contributed by atoms with Crippen LogP contribution in [-0.4, -0.2) is 11.8 Å². The van der Waals surface area contributed by atoms with Crippen LogP contribution in [0.1, 0.15) is 45.4 Å². The van der Waals surface area contributed by atoms with Crippen LogP contribution in [0.5, 0.6) is 0 Å². The fourth-order valence-electron chi connectivity index (χ4n) is 1.97. The Morgan fingerprint density at radius 1 is 1.50 bits per heavy atom. The van der Waals surface area contributed by atoms with Gasteiger partial charge in [-0.2, -0.15) is 0 Å². The Hall–Kier alpha value is -0.370. The lowest BCUT2D eigenvalue weighted by Crippen LogP contribution is -2.31. The Bertz CT molecular complexity index is 156. The number of carbonyl (C=O) groups excluding carboxylic acids is 1. The van der Waals surface area contributed by atoms with E-state index in [1.165, 1.54) is 0 Å². The van der Waals surface area contributed by atoms with Crippen LogP contribution < -0.4 is 5.73 Å². The largest absolute Gasteiger partial charge is 0.328 e. The van der Waals surface area contributed by atoms with Gasteiger partial charge in [0, 0.05) is 18.4 Å². The van der Waals surface area contributed by atoms with Gasteiger partial charge in [0.05, 0.1) is 0 Å². The lowest BCUT2D eigenvalue weighted by atomic mass is 9.82. The van der Waals surface area contributed by atoms with E-state index in [1.807, 2.05) is 0 Å². The molecule has 1 saturated carbocycles. The van der Waals surface area contributed by atoms with Crippen LogP contribution in [0.4, 0.5) is 0 Å². The van der Waals surface area contributed by atoms with Gasteiger partial charge in [-0.3, -0.25) is 4.79 Å². The molecule has 2 N–H and O–H groups in total. The minimum absolute atomic E-state index is 0.282. The third-order valence-electron chi connectivity index (χ3n) is 2.67. The summed E-state index contributed by atoms with van der Waals surface area (Å²) in [5.41, 5.74) is 5.81. The summed E-state index contributed by atoms with van der Waals surface area (Å²) in [4.78, 5) is 11.5. The predicted octanol–water partition coefficient (Wildman–Crippen LogP) is 1.87. The maximum atomic E-state index is 11.5. The van der Waals surface area contributed by atoms with E-state index < -0.39 is 0 Å². The molecule has 70 valence electrons. The van der Waals surface area contributed by atoms with E-state index in [2.05, 4.69) is 6.92 Å². The van der Waals surface area contributed by atoms with E-state index in [4.69, 9.17) is 5.73 Å². The van der Waals surface area contributed by atoms with Crippen molar-refractivity contribution >= 4 is 5.78 Å². The third-order valence-corrected chi connectivity index (χ3v) is 2.67. The van der Waals surface area contributed by atoms with Gasteiger partial charge >= 0.3 is 0 Å². The summed E-state index contributed by atoms with van der Waals surface area (Å²) in [7, 11) is 0. The molecule has 1 rings (SSSR count). The monoisotopic (exact) mass is 169 g/mol. The number of rotatable bonds is 3. The molecule has 0 heterocycles. The molecule has 2 atom stereocenters. The summed E-state index contributed by atoms with van der Waals surface area (Å²) in [6.07, 6.45) is 5.98. The molecule has 0 aromatic heterocycles.